The molecule has 1 aliphatic rings. The first kappa shape index (κ1) is 20.8. The SMILES string of the molecule is CC1CC(C)CN(C(=O)COC(=O)c2cc(-c3ccc(Cl)s3)nc3ccccc23)C1. The van der Waals surface area contributed by atoms with Gasteiger partial charge in [-0.2, -0.15) is 0 Å². The van der Waals surface area contributed by atoms with Crippen molar-refractivity contribution in [3.8, 4) is 10.6 Å². The largest absolute Gasteiger partial charge is 0.452 e. The van der Waals surface area contributed by atoms with Gasteiger partial charge in [-0.1, -0.05) is 43.6 Å². The van der Waals surface area contributed by atoms with Crippen LogP contribution in [-0.2, 0) is 9.53 Å². The number of likely N-dealkylation sites (tertiary alicyclic amines) is 1. The van der Waals surface area contributed by atoms with Gasteiger partial charge in [0, 0.05) is 18.5 Å². The van der Waals surface area contributed by atoms with E-state index >= 15 is 0 Å². The summed E-state index contributed by atoms with van der Waals surface area (Å²) >= 11 is 7.46. The number of pyridine rings is 1. The molecule has 0 saturated carbocycles. The maximum atomic E-state index is 12.9. The molecule has 4 rings (SSSR count). The van der Waals surface area contributed by atoms with Gasteiger partial charge < -0.3 is 9.64 Å². The molecule has 30 heavy (non-hydrogen) atoms. The van der Waals surface area contributed by atoms with Crippen molar-refractivity contribution in [1.29, 1.82) is 0 Å². The number of halogens is 1. The molecule has 1 fully saturated rings. The molecule has 0 aliphatic carbocycles. The number of ether oxygens (including phenoxy) is 1. The van der Waals surface area contributed by atoms with Gasteiger partial charge in [0.1, 0.15) is 0 Å². The van der Waals surface area contributed by atoms with Crippen molar-refractivity contribution in [3.63, 3.8) is 0 Å². The van der Waals surface area contributed by atoms with Crippen LogP contribution in [-0.4, -0.2) is 41.5 Å². The highest BCUT2D eigenvalue weighted by Crippen LogP contribution is 2.32. The van der Waals surface area contributed by atoms with Crippen molar-refractivity contribution in [2.45, 2.75) is 20.3 Å². The number of benzene rings is 1. The predicted octanol–water partition coefficient (Wildman–Crippen LogP) is 5.28. The van der Waals surface area contributed by atoms with Gasteiger partial charge in [0.05, 0.1) is 26.0 Å². The van der Waals surface area contributed by atoms with Gasteiger partial charge in [0.2, 0.25) is 0 Å². The van der Waals surface area contributed by atoms with E-state index in [1.165, 1.54) is 11.3 Å². The number of rotatable bonds is 4. The van der Waals surface area contributed by atoms with Crippen LogP contribution in [0.4, 0.5) is 0 Å². The molecule has 1 aliphatic heterocycles. The number of thiophene rings is 1. The maximum Gasteiger partial charge on any atom is 0.339 e. The Balaban J connectivity index is 1.56. The lowest BCUT2D eigenvalue weighted by atomic mass is 9.92. The summed E-state index contributed by atoms with van der Waals surface area (Å²) in [4.78, 5) is 32.8. The second-order valence-electron chi connectivity index (χ2n) is 8.00. The molecule has 0 radical (unpaired) electrons. The summed E-state index contributed by atoms with van der Waals surface area (Å²) in [5, 5.41) is 0.696. The van der Waals surface area contributed by atoms with E-state index in [4.69, 9.17) is 16.3 Å². The van der Waals surface area contributed by atoms with Crippen LogP contribution < -0.4 is 0 Å². The van der Waals surface area contributed by atoms with E-state index in [0.717, 1.165) is 11.3 Å². The summed E-state index contributed by atoms with van der Waals surface area (Å²) in [6.07, 6.45) is 1.11. The minimum Gasteiger partial charge on any atom is -0.452 e. The average Bonchev–Trinajstić information content (AvgIpc) is 3.16. The third-order valence-corrected chi connectivity index (χ3v) is 6.56. The highest BCUT2D eigenvalue weighted by atomic mass is 35.5. The van der Waals surface area contributed by atoms with Crippen molar-refractivity contribution in [1.82, 2.24) is 9.88 Å². The number of carbonyl (C=O) groups is 2. The molecular formula is C23H23ClN2O3S. The smallest absolute Gasteiger partial charge is 0.339 e. The van der Waals surface area contributed by atoms with Crippen molar-refractivity contribution >= 4 is 45.7 Å². The first-order chi connectivity index (χ1) is 14.4. The zero-order valence-electron chi connectivity index (χ0n) is 16.9. The molecule has 1 saturated heterocycles. The molecule has 2 unspecified atom stereocenters. The van der Waals surface area contributed by atoms with Crippen LogP contribution in [0.1, 0.15) is 30.6 Å². The van der Waals surface area contributed by atoms with Crippen molar-refractivity contribution in [2.24, 2.45) is 11.8 Å². The Bertz CT molecular complexity index is 1090. The van der Waals surface area contributed by atoms with Crippen LogP contribution >= 0.6 is 22.9 Å². The quantitative estimate of drug-likeness (QED) is 0.516. The second kappa shape index (κ2) is 8.74. The second-order valence-corrected chi connectivity index (χ2v) is 9.71. The van der Waals surface area contributed by atoms with E-state index in [-0.39, 0.29) is 12.5 Å². The molecule has 2 aromatic heterocycles. The number of fused-ring (bicyclic) bond motifs is 1. The van der Waals surface area contributed by atoms with E-state index in [1.54, 1.807) is 17.0 Å². The predicted molar refractivity (Wildman–Crippen MR) is 120 cm³/mol. The van der Waals surface area contributed by atoms with E-state index in [1.807, 2.05) is 30.3 Å². The molecule has 0 spiro atoms. The molecular weight excluding hydrogens is 420 g/mol. The summed E-state index contributed by atoms with van der Waals surface area (Å²) in [6, 6.07) is 12.8. The minimum atomic E-state index is -0.524. The van der Waals surface area contributed by atoms with Crippen molar-refractivity contribution < 1.29 is 14.3 Å². The molecule has 0 N–H and O–H groups in total. The molecule has 3 aromatic rings. The van der Waals surface area contributed by atoms with Crippen molar-refractivity contribution in [3.05, 3.63) is 52.4 Å². The van der Waals surface area contributed by atoms with Gasteiger partial charge in [-0.05, 0) is 42.5 Å². The normalized spacial score (nSPS) is 19.1. The van der Waals surface area contributed by atoms with E-state index in [9.17, 15) is 9.59 Å². The van der Waals surface area contributed by atoms with Gasteiger partial charge in [0.15, 0.2) is 6.61 Å². The van der Waals surface area contributed by atoms with Crippen LogP contribution in [0.5, 0.6) is 0 Å². The lowest BCUT2D eigenvalue weighted by molar-refractivity contribution is -0.137. The molecule has 2 atom stereocenters. The Morgan fingerprint density at radius 2 is 1.90 bits per heavy atom. The fraction of sp³-hybridized carbons (Fsp3) is 0.348. The van der Waals surface area contributed by atoms with E-state index in [2.05, 4.69) is 18.8 Å². The number of hydrogen-bond donors (Lipinski definition) is 0. The number of aromatic nitrogens is 1. The summed E-state index contributed by atoms with van der Waals surface area (Å²) in [5.74, 6) is 0.241. The summed E-state index contributed by atoms with van der Waals surface area (Å²) < 4.78 is 6.09. The molecule has 156 valence electrons. The minimum absolute atomic E-state index is 0.148. The average molecular weight is 443 g/mol. The van der Waals surface area contributed by atoms with Crippen molar-refractivity contribution in [2.75, 3.05) is 19.7 Å². The van der Waals surface area contributed by atoms with E-state index < -0.39 is 5.97 Å². The van der Waals surface area contributed by atoms with Gasteiger partial charge in [0.25, 0.3) is 5.91 Å². The number of para-hydroxylation sites is 1. The number of carbonyl (C=O) groups excluding carboxylic acids is 2. The lowest BCUT2D eigenvalue weighted by Crippen LogP contribution is -2.44. The van der Waals surface area contributed by atoms with Gasteiger partial charge >= 0.3 is 5.97 Å². The third kappa shape index (κ3) is 4.50. The summed E-state index contributed by atoms with van der Waals surface area (Å²) in [7, 11) is 0. The zero-order chi connectivity index (χ0) is 21.3. The van der Waals surface area contributed by atoms with Crippen LogP contribution in [0.25, 0.3) is 21.5 Å². The number of amides is 1. The number of nitrogens with zero attached hydrogens (tertiary/aromatic N) is 2. The number of hydrogen-bond acceptors (Lipinski definition) is 5. The van der Waals surface area contributed by atoms with Crippen LogP contribution in [0.2, 0.25) is 4.34 Å². The maximum absolute atomic E-state index is 12.9. The van der Waals surface area contributed by atoms with Gasteiger partial charge in [-0.25, -0.2) is 9.78 Å². The third-order valence-electron chi connectivity index (χ3n) is 5.31. The molecule has 0 bridgehead atoms. The number of piperidine rings is 1. The number of esters is 1. The molecule has 3 heterocycles. The fourth-order valence-electron chi connectivity index (χ4n) is 4.09. The molecule has 1 amide bonds. The first-order valence-corrected chi connectivity index (χ1v) is 11.2. The summed E-state index contributed by atoms with van der Waals surface area (Å²) in [5.41, 5.74) is 1.74. The molecule has 7 heteroatoms. The standard InChI is InChI=1S/C23H23ClN2O3S/c1-14-9-15(2)12-26(11-14)22(27)13-29-23(28)17-10-19(20-7-8-21(24)30-20)25-18-6-4-3-5-16(17)18/h3-8,10,14-15H,9,11-13H2,1-2H3. The topological polar surface area (TPSA) is 59.5 Å². The van der Waals surface area contributed by atoms with Crippen LogP contribution in [0.15, 0.2) is 42.5 Å². The van der Waals surface area contributed by atoms with Crippen LogP contribution in [0.3, 0.4) is 0 Å². The van der Waals surface area contributed by atoms with Gasteiger partial charge in [-0.3, -0.25) is 4.79 Å². The Morgan fingerprint density at radius 3 is 2.60 bits per heavy atom. The first-order valence-electron chi connectivity index (χ1n) is 10.0. The Morgan fingerprint density at radius 1 is 1.17 bits per heavy atom. The fourth-order valence-corrected chi connectivity index (χ4v) is 5.09. The van der Waals surface area contributed by atoms with E-state index in [0.29, 0.717) is 51.4 Å². The van der Waals surface area contributed by atoms with Gasteiger partial charge in [-0.15, -0.1) is 11.3 Å². The monoisotopic (exact) mass is 442 g/mol. The molecule has 1 aromatic carbocycles. The molecule has 5 nitrogen and oxygen atoms in total. The summed E-state index contributed by atoms with van der Waals surface area (Å²) in [6.45, 7) is 5.45. The Labute approximate surface area is 184 Å². The Hall–Kier alpha value is -2.44. The Kier molecular flexibility index (Phi) is 6.06. The highest BCUT2D eigenvalue weighted by Gasteiger charge is 2.26. The van der Waals surface area contributed by atoms with Crippen LogP contribution in [0, 0.1) is 11.8 Å². The highest BCUT2D eigenvalue weighted by molar-refractivity contribution is 7.19. The lowest BCUT2D eigenvalue weighted by Gasteiger charge is -2.34. The zero-order valence-corrected chi connectivity index (χ0v) is 18.5.